The Morgan fingerprint density at radius 2 is 1.69 bits per heavy atom. The van der Waals surface area contributed by atoms with Gasteiger partial charge in [-0.15, -0.1) is 0 Å². The van der Waals surface area contributed by atoms with E-state index in [1.165, 1.54) is 12.1 Å². The maximum atomic E-state index is 13.4. The number of carbonyl (C=O) groups is 1. The summed E-state index contributed by atoms with van der Waals surface area (Å²) in [5, 5.41) is 8.12. The number of aromatic nitrogens is 2. The lowest BCUT2D eigenvalue weighted by atomic mass is 10.0. The second-order valence-corrected chi connectivity index (χ2v) is 8.07. The van der Waals surface area contributed by atoms with Gasteiger partial charge in [0.2, 0.25) is 0 Å². The van der Waals surface area contributed by atoms with Crippen LogP contribution in [0.25, 0.3) is 16.9 Å². The van der Waals surface area contributed by atoms with Gasteiger partial charge < -0.3 is 10.2 Å². The quantitative estimate of drug-likeness (QED) is 0.747. The second kappa shape index (κ2) is 7.12. The van der Waals surface area contributed by atoms with Crippen LogP contribution in [0.2, 0.25) is 0 Å². The number of amides is 1. The molecule has 0 spiro atoms. The average molecular weight is 390 g/mol. The van der Waals surface area contributed by atoms with E-state index in [1.54, 1.807) is 23.0 Å². The summed E-state index contributed by atoms with van der Waals surface area (Å²) in [7, 11) is 0. The fraction of sp³-hybridized carbons (Fsp3) is 0.304. The van der Waals surface area contributed by atoms with Gasteiger partial charge in [0.1, 0.15) is 11.5 Å². The number of aryl methyl sites for hydroxylation is 1. The van der Waals surface area contributed by atoms with Crippen molar-refractivity contribution in [3.8, 4) is 16.9 Å². The summed E-state index contributed by atoms with van der Waals surface area (Å²) >= 11 is 0. The minimum Gasteiger partial charge on any atom is -0.338 e. The third-order valence-corrected chi connectivity index (χ3v) is 6.04. The third kappa shape index (κ3) is 3.34. The lowest BCUT2D eigenvalue weighted by Gasteiger charge is -2.17. The van der Waals surface area contributed by atoms with Gasteiger partial charge in [0.05, 0.1) is 11.3 Å². The maximum Gasteiger partial charge on any atom is 0.257 e. The molecule has 5 nitrogen and oxygen atoms in total. The molecular formula is C23H23FN4O. The van der Waals surface area contributed by atoms with Crippen molar-refractivity contribution in [2.24, 2.45) is 11.8 Å². The summed E-state index contributed by atoms with van der Waals surface area (Å²) in [5.74, 6) is 0.791. The molecule has 1 N–H and O–H groups in total. The molecule has 2 aliphatic heterocycles. The normalized spacial score (nSPS) is 20.8. The number of hydrogen-bond donors (Lipinski definition) is 1. The number of nitrogens with one attached hydrogen (secondary N) is 1. The number of carbonyl (C=O) groups excluding carboxylic acids is 1. The zero-order valence-electron chi connectivity index (χ0n) is 16.3. The molecule has 1 aromatic heterocycles. The molecule has 6 heteroatoms. The van der Waals surface area contributed by atoms with Crippen LogP contribution in [0.1, 0.15) is 15.9 Å². The number of hydrogen-bond acceptors (Lipinski definition) is 3. The van der Waals surface area contributed by atoms with Gasteiger partial charge in [-0.2, -0.15) is 5.10 Å². The largest absolute Gasteiger partial charge is 0.338 e. The van der Waals surface area contributed by atoms with Crippen LogP contribution >= 0.6 is 0 Å². The summed E-state index contributed by atoms with van der Waals surface area (Å²) in [5.41, 5.74) is 4.03. The van der Waals surface area contributed by atoms with Gasteiger partial charge >= 0.3 is 0 Å². The summed E-state index contributed by atoms with van der Waals surface area (Å²) in [4.78, 5) is 15.4. The molecule has 1 amide bonds. The smallest absolute Gasteiger partial charge is 0.257 e. The minimum absolute atomic E-state index is 0.0170. The Hall–Kier alpha value is -2.99. The minimum atomic E-state index is -0.298. The van der Waals surface area contributed by atoms with E-state index in [-0.39, 0.29) is 11.7 Å². The predicted molar refractivity (Wildman–Crippen MR) is 109 cm³/mol. The number of likely N-dealkylation sites (tertiary alicyclic amines) is 1. The molecule has 2 fully saturated rings. The first-order chi connectivity index (χ1) is 14.1. The summed E-state index contributed by atoms with van der Waals surface area (Å²) in [6.45, 7) is 5.56. The number of rotatable bonds is 3. The number of benzene rings is 2. The van der Waals surface area contributed by atoms with Crippen molar-refractivity contribution in [2.45, 2.75) is 6.92 Å². The Kier molecular flexibility index (Phi) is 4.43. The van der Waals surface area contributed by atoms with Crippen LogP contribution < -0.4 is 5.32 Å². The van der Waals surface area contributed by atoms with E-state index in [1.807, 2.05) is 36.1 Å². The number of fused-ring (bicyclic) bond motifs is 1. The number of nitrogens with zero attached hydrogens (tertiary/aromatic N) is 3. The van der Waals surface area contributed by atoms with Crippen molar-refractivity contribution in [3.05, 3.63) is 71.7 Å². The van der Waals surface area contributed by atoms with Crippen LogP contribution in [0.4, 0.5) is 4.39 Å². The van der Waals surface area contributed by atoms with Crippen LogP contribution in [0.5, 0.6) is 0 Å². The van der Waals surface area contributed by atoms with E-state index >= 15 is 0 Å². The molecule has 148 valence electrons. The molecule has 2 atom stereocenters. The average Bonchev–Trinajstić information content (AvgIpc) is 3.43. The van der Waals surface area contributed by atoms with E-state index in [9.17, 15) is 9.18 Å². The molecule has 3 aromatic rings. The Labute approximate surface area is 169 Å². The highest BCUT2D eigenvalue weighted by Gasteiger charge is 2.39. The summed E-state index contributed by atoms with van der Waals surface area (Å²) in [6, 6.07) is 14.2. The first-order valence-electron chi connectivity index (χ1n) is 10.0. The first kappa shape index (κ1) is 18.1. The monoisotopic (exact) mass is 390 g/mol. The Balaban J connectivity index is 1.54. The molecule has 2 aliphatic rings. The van der Waals surface area contributed by atoms with E-state index in [2.05, 4.69) is 5.32 Å². The van der Waals surface area contributed by atoms with Crippen LogP contribution in [0.3, 0.4) is 0 Å². The van der Waals surface area contributed by atoms with Crippen LogP contribution in [-0.2, 0) is 0 Å². The van der Waals surface area contributed by atoms with Crippen molar-refractivity contribution < 1.29 is 9.18 Å². The second-order valence-electron chi connectivity index (χ2n) is 8.07. The number of halogens is 1. The first-order valence-corrected chi connectivity index (χ1v) is 10.0. The van der Waals surface area contributed by atoms with Crippen LogP contribution in [-0.4, -0.2) is 46.8 Å². The van der Waals surface area contributed by atoms with E-state index in [4.69, 9.17) is 5.10 Å². The van der Waals surface area contributed by atoms with Gasteiger partial charge in [-0.3, -0.25) is 4.79 Å². The molecule has 0 saturated carbocycles. The van der Waals surface area contributed by atoms with Gasteiger partial charge in [0.15, 0.2) is 0 Å². The molecule has 5 rings (SSSR count). The van der Waals surface area contributed by atoms with Gasteiger partial charge in [-0.25, -0.2) is 9.07 Å². The predicted octanol–water partition coefficient (Wildman–Crippen LogP) is 3.28. The van der Waals surface area contributed by atoms with Crippen LogP contribution in [0, 0.1) is 24.6 Å². The standard InChI is InChI=1S/C23H23FN4O/c1-15-2-4-16(5-3-15)22-21(14-28(26-22)20-8-6-19(24)7-9-20)23(29)27-12-17-10-25-11-18(17)13-27/h2-9,14,17-18,25H,10-13H2,1H3/t17-,18+. The molecule has 2 aromatic carbocycles. The highest BCUT2D eigenvalue weighted by molar-refractivity contribution is 6.00. The lowest BCUT2D eigenvalue weighted by Crippen LogP contribution is -2.32. The zero-order valence-corrected chi connectivity index (χ0v) is 16.3. The van der Waals surface area contributed by atoms with E-state index < -0.39 is 0 Å². The topological polar surface area (TPSA) is 50.2 Å². The van der Waals surface area contributed by atoms with Gasteiger partial charge in [-0.1, -0.05) is 29.8 Å². The highest BCUT2D eigenvalue weighted by Crippen LogP contribution is 2.30. The van der Waals surface area contributed by atoms with E-state index in [0.717, 1.165) is 43.0 Å². The van der Waals surface area contributed by atoms with Gasteiger partial charge in [0.25, 0.3) is 5.91 Å². The Bertz CT molecular complexity index is 1030. The highest BCUT2D eigenvalue weighted by atomic mass is 19.1. The fourth-order valence-electron chi connectivity index (χ4n) is 4.37. The van der Waals surface area contributed by atoms with Crippen molar-refractivity contribution in [1.29, 1.82) is 0 Å². The van der Waals surface area contributed by atoms with Crippen molar-refractivity contribution in [3.63, 3.8) is 0 Å². The fourth-order valence-corrected chi connectivity index (χ4v) is 4.37. The van der Waals surface area contributed by atoms with Gasteiger partial charge in [-0.05, 0) is 43.0 Å². The van der Waals surface area contributed by atoms with Crippen molar-refractivity contribution >= 4 is 5.91 Å². The molecule has 0 bridgehead atoms. The molecule has 0 radical (unpaired) electrons. The van der Waals surface area contributed by atoms with Crippen LogP contribution in [0.15, 0.2) is 54.7 Å². The third-order valence-electron chi connectivity index (χ3n) is 6.04. The summed E-state index contributed by atoms with van der Waals surface area (Å²) < 4.78 is 15.0. The lowest BCUT2D eigenvalue weighted by molar-refractivity contribution is 0.0782. The Morgan fingerprint density at radius 1 is 1.03 bits per heavy atom. The Morgan fingerprint density at radius 3 is 2.34 bits per heavy atom. The molecule has 0 aliphatic carbocycles. The molecule has 29 heavy (non-hydrogen) atoms. The van der Waals surface area contributed by atoms with Crippen molar-refractivity contribution in [1.82, 2.24) is 20.0 Å². The molecular weight excluding hydrogens is 367 g/mol. The summed E-state index contributed by atoms with van der Waals surface area (Å²) in [6.07, 6.45) is 1.77. The molecule has 3 heterocycles. The zero-order chi connectivity index (χ0) is 20.0. The molecule has 2 saturated heterocycles. The van der Waals surface area contributed by atoms with Crippen molar-refractivity contribution in [2.75, 3.05) is 26.2 Å². The SMILES string of the molecule is Cc1ccc(-c2nn(-c3ccc(F)cc3)cc2C(=O)N2C[C@H]3CNC[C@H]3C2)cc1. The van der Waals surface area contributed by atoms with E-state index in [0.29, 0.717) is 23.1 Å². The molecule has 0 unspecified atom stereocenters. The van der Waals surface area contributed by atoms with Gasteiger partial charge in [0, 0.05) is 37.9 Å². The maximum absolute atomic E-state index is 13.4.